The van der Waals surface area contributed by atoms with Crippen LogP contribution in [0.5, 0.6) is 0 Å². The maximum Gasteiger partial charge on any atom is 0.274 e. The van der Waals surface area contributed by atoms with Gasteiger partial charge in [0, 0.05) is 5.56 Å². The lowest BCUT2D eigenvalue weighted by molar-refractivity contribution is 0.0706. The van der Waals surface area contributed by atoms with E-state index in [2.05, 4.69) is 0 Å². The molecule has 0 heterocycles. The van der Waals surface area contributed by atoms with Gasteiger partial charge in [-0.3, -0.25) is 10.0 Å². The van der Waals surface area contributed by atoms with Gasteiger partial charge in [-0.15, -0.1) is 0 Å². The molecule has 0 aromatic heterocycles. The predicted octanol–water partition coefficient (Wildman–Crippen LogP) is 1.37. The zero-order chi connectivity index (χ0) is 8.97. The molecule has 0 bridgehead atoms. The Kier molecular flexibility index (Phi) is 2.82. The first-order valence-corrected chi connectivity index (χ1v) is 3.81. The Morgan fingerprint density at radius 1 is 1.58 bits per heavy atom. The monoisotopic (exact) mass is 165 g/mol. The predicted molar refractivity (Wildman–Crippen MR) is 45.1 cm³/mol. The van der Waals surface area contributed by atoms with Crippen molar-refractivity contribution in [2.45, 2.75) is 13.3 Å². The molecule has 1 aromatic carbocycles. The Balaban J connectivity index is 2.93. The van der Waals surface area contributed by atoms with Gasteiger partial charge in [0.2, 0.25) is 0 Å². The number of carbonyl (C=O) groups is 1. The average molecular weight is 165 g/mol. The number of rotatable bonds is 2. The number of aryl methyl sites for hydroxylation is 1. The number of hydroxylamine groups is 1. The van der Waals surface area contributed by atoms with Crippen LogP contribution in [0.15, 0.2) is 24.3 Å². The molecule has 3 heteroatoms. The minimum Gasteiger partial charge on any atom is -0.288 e. The van der Waals surface area contributed by atoms with Gasteiger partial charge in [0.15, 0.2) is 0 Å². The molecule has 0 spiro atoms. The number of nitrogens with one attached hydrogen (secondary N) is 1. The molecule has 12 heavy (non-hydrogen) atoms. The summed E-state index contributed by atoms with van der Waals surface area (Å²) < 4.78 is 0. The summed E-state index contributed by atoms with van der Waals surface area (Å²) in [4.78, 5) is 10.9. The van der Waals surface area contributed by atoms with Gasteiger partial charge in [-0.2, -0.15) is 0 Å². The molecule has 1 rings (SSSR count). The van der Waals surface area contributed by atoms with Crippen molar-refractivity contribution >= 4 is 5.91 Å². The Morgan fingerprint density at radius 2 is 2.33 bits per heavy atom. The summed E-state index contributed by atoms with van der Waals surface area (Å²) in [6, 6.07) is 7.15. The van der Waals surface area contributed by atoms with Crippen molar-refractivity contribution in [1.82, 2.24) is 5.48 Å². The fourth-order valence-corrected chi connectivity index (χ4v) is 0.997. The van der Waals surface area contributed by atoms with E-state index in [1.54, 1.807) is 23.7 Å². The Hall–Kier alpha value is -1.35. The van der Waals surface area contributed by atoms with E-state index in [4.69, 9.17) is 5.21 Å². The first-order chi connectivity index (χ1) is 5.77. The summed E-state index contributed by atoms with van der Waals surface area (Å²) in [6.07, 6.45) is 0.881. The molecule has 0 saturated heterocycles. The van der Waals surface area contributed by atoms with Crippen molar-refractivity contribution in [1.29, 1.82) is 0 Å². The lowest BCUT2D eigenvalue weighted by atomic mass is 10.1. The summed E-state index contributed by atoms with van der Waals surface area (Å²) in [5.74, 6) is -0.467. The topological polar surface area (TPSA) is 49.3 Å². The second kappa shape index (κ2) is 3.88. The van der Waals surface area contributed by atoms with E-state index in [-0.39, 0.29) is 0 Å². The van der Waals surface area contributed by atoms with Gasteiger partial charge in [-0.05, 0) is 24.1 Å². The quantitative estimate of drug-likeness (QED) is 0.513. The van der Waals surface area contributed by atoms with Crippen LogP contribution in [-0.4, -0.2) is 11.1 Å². The molecule has 0 aliphatic rings. The molecule has 1 amide bonds. The Morgan fingerprint density at radius 3 is 2.92 bits per heavy atom. The van der Waals surface area contributed by atoms with E-state index in [9.17, 15) is 4.79 Å². The van der Waals surface area contributed by atoms with Crippen LogP contribution in [0.2, 0.25) is 0 Å². The molecule has 0 unspecified atom stereocenters. The average Bonchev–Trinajstić information content (AvgIpc) is 2.17. The first-order valence-electron chi connectivity index (χ1n) is 3.81. The number of benzene rings is 1. The van der Waals surface area contributed by atoms with Crippen molar-refractivity contribution in [2.75, 3.05) is 0 Å². The lowest BCUT2D eigenvalue weighted by Gasteiger charge is -2.00. The van der Waals surface area contributed by atoms with Gasteiger partial charge < -0.3 is 0 Å². The van der Waals surface area contributed by atoms with Crippen LogP contribution in [0, 0.1) is 0 Å². The third-order valence-electron chi connectivity index (χ3n) is 1.70. The van der Waals surface area contributed by atoms with Gasteiger partial charge >= 0.3 is 0 Å². The highest BCUT2D eigenvalue weighted by Gasteiger charge is 2.02. The maximum absolute atomic E-state index is 10.9. The molecule has 0 atom stereocenters. The molecular formula is C9H11NO2. The smallest absolute Gasteiger partial charge is 0.274 e. The van der Waals surface area contributed by atoms with Crippen molar-refractivity contribution in [3.63, 3.8) is 0 Å². The summed E-state index contributed by atoms with van der Waals surface area (Å²) in [6.45, 7) is 2.01. The minimum absolute atomic E-state index is 0.467. The fourth-order valence-electron chi connectivity index (χ4n) is 0.997. The molecule has 0 aliphatic heterocycles. The fraction of sp³-hybridized carbons (Fsp3) is 0.222. The third kappa shape index (κ3) is 1.83. The molecule has 0 fully saturated rings. The normalized spacial score (nSPS) is 9.50. The maximum atomic E-state index is 10.9. The molecule has 0 aliphatic carbocycles. The molecule has 0 saturated carbocycles. The number of hydrogen-bond donors (Lipinski definition) is 2. The van der Waals surface area contributed by atoms with Crippen molar-refractivity contribution in [3.05, 3.63) is 35.4 Å². The molecule has 0 radical (unpaired) electrons. The van der Waals surface area contributed by atoms with Crippen LogP contribution in [0.25, 0.3) is 0 Å². The standard InChI is InChI=1S/C9H11NO2/c1-2-7-4-3-5-8(6-7)9(11)10-12/h3-6,12H,2H2,1H3,(H,10,11). The van der Waals surface area contributed by atoms with E-state index in [0.29, 0.717) is 5.56 Å². The summed E-state index contributed by atoms with van der Waals surface area (Å²) in [5.41, 5.74) is 3.16. The molecular weight excluding hydrogens is 154 g/mol. The highest BCUT2D eigenvalue weighted by molar-refractivity contribution is 5.93. The minimum atomic E-state index is -0.467. The van der Waals surface area contributed by atoms with E-state index in [0.717, 1.165) is 12.0 Å². The second-order valence-electron chi connectivity index (χ2n) is 2.49. The van der Waals surface area contributed by atoms with Crippen LogP contribution >= 0.6 is 0 Å². The van der Waals surface area contributed by atoms with Crippen LogP contribution in [0.1, 0.15) is 22.8 Å². The summed E-state index contributed by atoms with van der Waals surface area (Å²) in [5, 5.41) is 8.35. The number of amides is 1. The summed E-state index contributed by atoms with van der Waals surface area (Å²) in [7, 11) is 0. The highest BCUT2D eigenvalue weighted by Crippen LogP contribution is 2.05. The van der Waals surface area contributed by atoms with E-state index < -0.39 is 5.91 Å². The van der Waals surface area contributed by atoms with Crippen LogP contribution in [-0.2, 0) is 6.42 Å². The van der Waals surface area contributed by atoms with Crippen LogP contribution in [0.3, 0.4) is 0 Å². The van der Waals surface area contributed by atoms with E-state index >= 15 is 0 Å². The third-order valence-corrected chi connectivity index (χ3v) is 1.70. The van der Waals surface area contributed by atoms with Gasteiger partial charge in [0.05, 0.1) is 0 Å². The van der Waals surface area contributed by atoms with E-state index in [1.807, 2.05) is 13.0 Å². The Bertz CT molecular complexity index is 284. The molecule has 2 N–H and O–H groups in total. The zero-order valence-electron chi connectivity index (χ0n) is 6.87. The van der Waals surface area contributed by atoms with Crippen molar-refractivity contribution < 1.29 is 10.0 Å². The van der Waals surface area contributed by atoms with Gasteiger partial charge in [0.25, 0.3) is 5.91 Å². The number of hydrogen-bond acceptors (Lipinski definition) is 2. The highest BCUT2D eigenvalue weighted by atomic mass is 16.5. The Labute approximate surface area is 71.0 Å². The molecule has 3 nitrogen and oxygen atoms in total. The number of carbonyl (C=O) groups excluding carboxylic acids is 1. The van der Waals surface area contributed by atoms with Crippen LogP contribution in [0.4, 0.5) is 0 Å². The first kappa shape index (κ1) is 8.74. The zero-order valence-corrected chi connectivity index (χ0v) is 6.87. The van der Waals surface area contributed by atoms with Gasteiger partial charge in [-0.1, -0.05) is 19.1 Å². The van der Waals surface area contributed by atoms with Crippen molar-refractivity contribution in [3.8, 4) is 0 Å². The SMILES string of the molecule is CCc1cccc(C(=O)NO)c1. The second-order valence-corrected chi connectivity index (χ2v) is 2.49. The van der Waals surface area contributed by atoms with Gasteiger partial charge in [0.1, 0.15) is 0 Å². The lowest BCUT2D eigenvalue weighted by Crippen LogP contribution is -2.18. The summed E-state index contributed by atoms with van der Waals surface area (Å²) >= 11 is 0. The molecule has 64 valence electrons. The van der Waals surface area contributed by atoms with E-state index in [1.165, 1.54) is 0 Å². The van der Waals surface area contributed by atoms with Crippen molar-refractivity contribution in [2.24, 2.45) is 0 Å². The largest absolute Gasteiger partial charge is 0.288 e. The van der Waals surface area contributed by atoms with Gasteiger partial charge in [-0.25, -0.2) is 5.48 Å². The molecule has 1 aromatic rings. The van der Waals surface area contributed by atoms with Crippen LogP contribution < -0.4 is 5.48 Å².